The maximum Gasteiger partial charge on any atom is 0.417 e. The number of amides is 1. The minimum absolute atomic E-state index is 0.0136. The predicted molar refractivity (Wildman–Crippen MR) is 50.4 cm³/mol. The van der Waals surface area contributed by atoms with E-state index in [9.17, 15) is 22.4 Å². The van der Waals surface area contributed by atoms with Crippen LogP contribution in [-0.2, 0) is 9.53 Å². The molecular weight excluding hydrogens is 242 g/mol. The molecule has 1 unspecified atom stereocenters. The van der Waals surface area contributed by atoms with E-state index in [2.05, 4.69) is 4.74 Å². The van der Waals surface area contributed by atoms with Crippen LogP contribution in [0, 0.1) is 0 Å². The Kier molecular flexibility index (Phi) is 4.06. The first kappa shape index (κ1) is 13.4. The summed E-state index contributed by atoms with van der Waals surface area (Å²) >= 11 is 0. The van der Waals surface area contributed by atoms with Crippen LogP contribution < -0.4 is 5.73 Å². The van der Waals surface area contributed by atoms with Gasteiger partial charge in [-0.3, -0.25) is 9.53 Å². The predicted octanol–water partition coefficient (Wildman–Crippen LogP) is 2.09. The van der Waals surface area contributed by atoms with Crippen LogP contribution in [0.1, 0.15) is 11.7 Å². The highest BCUT2D eigenvalue weighted by molar-refractivity contribution is 5.80. The second kappa shape index (κ2) is 5.13. The van der Waals surface area contributed by atoms with Crippen LogP contribution >= 0.6 is 0 Å². The summed E-state index contributed by atoms with van der Waals surface area (Å²) in [6.07, 6.45) is -10.7. The Morgan fingerprint density at radius 1 is 1.24 bits per heavy atom. The number of hydrogen-bond acceptors (Lipinski definition) is 2. The molecule has 1 aromatic carbocycles. The number of carbonyl (C=O) groups is 1. The van der Waals surface area contributed by atoms with Gasteiger partial charge in [0.25, 0.3) is 5.91 Å². The number of rotatable bonds is 5. The Bertz CT molecular complexity index is 383. The van der Waals surface area contributed by atoms with Gasteiger partial charge in [-0.15, -0.1) is 0 Å². The van der Waals surface area contributed by atoms with Crippen LogP contribution in [0.15, 0.2) is 30.3 Å². The molecule has 17 heavy (non-hydrogen) atoms. The van der Waals surface area contributed by atoms with Crippen molar-refractivity contribution in [1.29, 1.82) is 0 Å². The van der Waals surface area contributed by atoms with E-state index in [4.69, 9.17) is 5.73 Å². The normalized spacial score (nSPS) is 13.7. The SMILES string of the molecule is NC(=O)C(OC(F)(F)C(F)F)c1ccccc1. The summed E-state index contributed by atoms with van der Waals surface area (Å²) in [5, 5.41) is 0. The zero-order chi connectivity index (χ0) is 13.1. The molecule has 2 N–H and O–H groups in total. The van der Waals surface area contributed by atoms with Gasteiger partial charge in [0, 0.05) is 0 Å². The van der Waals surface area contributed by atoms with Crippen molar-refractivity contribution in [2.75, 3.05) is 0 Å². The van der Waals surface area contributed by atoms with Crippen molar-refractivity contribution in [2.24, 2.45) is 5.73 Å². The third-order valence-corrected chi connectivity index (χ3v) is 1.89. The molecule has 0 aromatic heterocycles. The largest absolute Gasteiger partial charge is 0.417 e. The van der Waals surface area contributed by atoms with Crippen molar-refractivity contribution in [1.82, 2.24) is 0 Å². The molecule has 3 nitrogen and oxygen atoms in total. The number of nitrogens with two attached hydrogens (primary N) is 1. The number of primary amides is 1. The highest BCUT2D eigenvalue weighted by atomic mass is 19.3. The van der Waals surface area contributed by atoms with Crippen LogP contribution in [0.2, 0.25) is 0 Å². The van der Waals surface area contributed by atoms with E-state index in [-0.39, 0.29) is 5.56 Å². The van der Waals surface area contributed by atoms with Gasteiger partial charge in [-0.1, -0.05) is 30.3 Å². The first-order valence-electron chi connectivity index (χ1n) is 4.52. The van der Waals surface area contributed by atoms with Crippen molar-refractivity contribution in [3.8, 4) is 0 Å². The van der Waals surface area contributed by atoms with Gasteiger partial charge in [0.05, 0.1) is 0 Å². The fourth-order valence-electron chi connectivity index (χ4n) is 1.13. The molecule has 1 aromatic rings. The lowest BCUT2D eigenvalue weighted by molar-refractivity contribution is -0.315. The summed E-state index contributed by atoms with van der Waals surface area (Å²) in [6, 6.07) is 6.99. The zero-order valence-corrected chi connectivity index (χ0v) is 8.45. The van der Waals surface area contributed by atoms with E-state index in [0.29, 0.717) is 0 Å². The summed E-state index contributed by atoms with van der Waals surface area (Å²) in [5.74, 6) is -1.27. The van der Waals surface area contributed by atoms with E-state index < -0.39 is 24.5 Å². The highest BCUT2D eigenvalue weighted by Gasteiger charge is 2.46. The molecule has 0 heterocycles. The smallest absolute Gasteiger partial charge is 0.367 e. The molecule has 1 atom stereocenters. The van der Waals surface area contributed by atoms with Crippen LogP contribution in [0.4, 0.5) is 17.6 Å². The Morgan fingerprint density at radius 3 is 2.18 bits per heavy atom. The van der Waals surface area contributed by atoms with Gasteiger partial charge in [0.1, 0.15) is 0 Å². The fourth-order valence-corrected chi connectivity index (χ4v) is 1.13. The van der Waals surface area contributed by atoms with Crippen molar-refractivity contribution in [3.05, 3.63) is 35.9 Å². The Morgan fingerprint density at radius 2 is 1.76 bits per heavy atom. The molecule has 94 valence electrons. The lowest BCUT2D eigenvalue weighted by Gasteiger charge is -2.21. The van der Waals surface area contributed by atoms with Gasteiger partial charge in [-0.2, -0.15) is 8.78 Å². The first-order chi connectivity index (χ1) is 7.84. The lowest BCUT2D eigenvalue weighted by Crippen LogP contribution is -2.36. The van der Waals surface area contributed by atoms with Crippen molar-refractivity contribution in [3.63, 3.8) is 0 Å². The topological polar surface area (TPSA) is 52.3 Å². The molecule has 7 heteroatoms. The molecule has 0 radical (unpaired) electrons. The second-order valence-electron chi connectivity index (χ2n) is 3.17. The number of alkyl halides is 4. The van der Waals surface area contributed by atoms with Crippen LogP contribution in [0.5, 0.6) is 0 Å². The van der Waals surface area contributed by atoms with Gasteiger partial charge in [0.2, 0.25) is 0 Å². The molecule has 0 spiro atoms. The number of carbonyl (C=O) groups excluding carboxylic acids is 1. The van der Waals surface area contributed by atoms with E-state index >= 15 is 0 Å². The van der Waals surface area contributed by atoms with E-state index in [1.165, 1.54) is 24.3 Å². The second-order valence-corrected chi connectivity index (χ2v) is 3.17. The number of hydrogen-bond donors (Lipinski definition) is 1. The Hall–Kier alpha value is -1.63. The molecule has 0 saturated heterocycles. The minimum Gasteiger partial charge on any atom is -0.367 e. The standard InChI is InChI=1S/C10H9F4NO2/c11-9(12)10(13,14)17-7(8(15)16)6-4-2-1-3-5-6/h1-5,7,9H,(H2,15,16). The van der Waals surface area contributed by atoms with E-state index in [1.54, 1.807) is 6.07 Å². The average molecular weight is 251 g/mol. The molecule has 0 fully saturated rings. The van der Waals surface area contributed by atoms with Crippen LogP contribution in [0.25, 0.3) is 0 Å². The molecular formula is C10H9F4NO2. The van der Waals surface area contributed by atoms with E-state index in [1.807, 2.05) is 0 Å². The van der Waals surface area contributed by atoms with Crippen LogP contribution in [-0.4, -0.2) is 18.4 Å². The molecule has 1 amide bonds. The minimum atomic E-state index is -4.73. The molecule has 0 saturated carbocycles. The van der Waals surface area contributed by atoms with Gasteiger partial charge in [0.15, 0.2) is 6.10 Å². The molecule has 0 aliphatic heterocycles. The van der Waals surface area contributed by atoms with Gasteiger partial charge in [-0.05, 0) is 5.56 Å². The average Bonchev–Trinajstić information content (AvgIpc) is 2.26. The summed E-state index contributed by atoms with van der Waals surface area (Å²) < 4.78 is 53.0. The van der Waals surface area contributed by atoms with Gasteiger partial charge >= 0.3 is 12.5 Å². The van der Waals surface area contributed by atoms with Crippen molar-refractivity contribution in [2.45, 2.75) is 18.6 Å². The summed E-state index contributed by atoms with van der Waals surface area (Å²) in [7, 11) is 0. The quantitative estimate of drug-likeness (QED) is 0.814. The fraction of sp³-hybridized carbons (Fsp3) is 0.300. The Labute approximate surface area is 94.2 Å². The Balaban J connectivity index is 2.93. The summed E-state index contributed by atoms with van der Waals surface area (Å²) in [6.45, 7) is 0. The molecule has 0 bridgehead atoms. The molecule has 1 rings (SSSR count). The monoisotopic (exact) mass is 251 g/mol. The third kappa shape index (κ3) is 3.42. The maximum atomic E-state index is 12.7. The van der Waals surface area contributed by atoms with E-state index in [0.717, 1.165) is 0 Å². The highest BCUT2D eigenvalue weighted by Crippen LogP contribution is 2.31. The number of ether oxygens (including phenoxy) is 1. The number of benzene rings is 1. The van der Waals surface area contributed by atoms with Gasteiger partial charge in [-0.25, -0.2) is 8.78 Å². The molecule has 0 aliphatic rings. The zero-order valence-electron chi connectivity index (χ0n) is 8.45. The van der Waals surface area contributed by atoms with Crippen molar-refractivity contribution < 1.29 is 27.1 Å². The van der Waals surface area contributed by atoms with Crippen molar-refractivity contribution >= 4 is 5.91 Å². The van der Waals surface area contributed by atoms with Gasteiger partial charge < -0.3 is 5.73 Å². The molecule has 0 aliphatic carbocycles. The lowest BCUT2D eigenvalue weighted by atomic mass is 10.1. The summed E-state index contributed by atoms with van der Waals surface area (Å²) in [4.78, 5) is 10.9. The summed E-state index contributed by atoms with van der Waals surface area (Å²) in [5.41, 5.74) is 4.82. The maximum absolute atomic E-state index is 12.7. The van der Waals surface area contributed by atoms with Crippen LogP contribution in [0.3, 0.4) is 0 Å². The number of halogens is 4. The first-order valence-corrected chi connectivity index (χ1v) is 4.52. The third-order valence-electron chi connectivity index (χ3n) is 1.89.